The molecule has 2 heterocycles. The van der Waals surface area contributed by atoms with Crippen LogP contribution in [0.1, 0.15) is 17.9 Å². The largest absolute Gasteiger partial charge is 0.493 e. The molecule has 162 valence electrons. The lowest BCUT2D eigenvalue weighted by molar-refractivity contribution is -0.139. The zero-order chi connectivity index (χ0) is 22.9. The van der Waals surface area contributed by atoms with Crippen LogP contribution in [0.15, 0.2) is 40.2 Å². The Morgan fingerprint density at radius 3 is 2.48 bits per heavy atom. The SMILES string of the molecule is COC(=O)C1=C(N)N2C(=O)C(CC(=O)O)SC2=C(C#N)C1c1ccc(OC)c(OC)c1. The molecule has 31 heavy (non-hydrogen) atoms. The molecular weight excluding hydrogens is 426 g/mol. The lowest BCUT2D eigenvalue weighted by Crippen LogP contribution is -2.39. The lowest BCUT2D eigenvalue weighted by Gasteiger charge is -2.31. The van der Waals surface area contributed by atoms with Crippen molar-refractivity contribution in [2.75, 3.05) is 21.3 Å². The topological polar surface area (TPSA) is 152 Å². The third-order valence-corrected chi connectivity index (χ3v) is 6.18. The van der Waals surface area contributed by atoms with Gasteiger partial charge in [-0.05, 0) is 17.7 Å². The average molecular weight is 445 g/mol. The Labute approximate surface area is 181 Å². The van der Waals surface area contributed by atoms with Gasteiger partial charge in [0, 0.05) is 0 Å². The van der Waals surface area contributed by atoms with Gasteiger partial charge in [-0.25, -0.2) is 4.79 Å². The van der Waals surface area contributed by atoms with Crippen LogP contribution < -0.4 is 15.2 Å². The van der Waals surface area contributed by atoms with Crippen molar-refractivity contribution < 1.29 is 33.7 Å². The molecule has 0 aromatic heterocycles. The number of amides is 1. The molecule has 0 radical (unpaired) electrons. The standard InChI is InChI=1S/C20H19N3O7S/c1-28-11-5-4-9(6-12(11)29-2)15-10(8-21)19-23(17(22)16(15)20(27)30-3)18(26)13(31-19)7-14(24)25/h4-6,13,15H,7,22H2,1-3H3,(H,24,25). The number of nitriles is 1. The van der Waals surface area contributed by atoms with Gasteiger partial charge in [-0.2, -0.15) is 5.26 Å². The van der Waals surface area contributed by atoms with Gasteiger partial charge in [0.05, 0.1) is 55.9 Å². The fourth-order valence-corrected chi connectivity index (χ4v) is 4.81. The summed E-state index contributed by atoms with van der Waals surface area (Å²) in [6.07, 6.45) is -0.454. The van der Waals surface area contributed by atoms with Crippen LogP contribution in [-0.4, -0.2) is 54.4 Å². The van der Waals surface area contributed by atoms with E-state index in [1.54, 1.807) is 18.2 Å². The number of fused-ring (bicyclic) bond motifs is 1. The number of esters is 1. The van der Waals surface area contributed by atoms with Crippen LogP contribution in [0.5, 0.6) is 11.5 Å². The minimum absolute atomic E-state index is 0.0769. The number of ether oxygens (including phenoxy) is 3. The molecule has 1 aromatic rings. The molecule has 0 bridgehead atoms. The summed E-state index contributed by atoms with van der Waals surface area (Å²) in [6, 6.07) is 6.92. The number of carboxylic acid groups (broad SMARTS) is 1. The zero-order valence-corrected chi connectivity index (χ0v) is 17.7. The van der Waals surface area contributed by atoms with E-state index in [0.717, 1.165) is 23.8 Å². The van der Waals surface area contributed by atoms with Crippen molar-refractivity contribution in [2.24, 2.45) is 5.73 Å². The van der Waals surface area contributed by atoms with Gasteiger partial charge in [0.1, 0.15) is 11.1 Å². The Kier molecular flexibility index (Phi) is 6.12. The number of hydrogen-bond acceptors (Lipinski definition) is 9. The van der Waals surface area contributed by atoms with Gasteiger partial charge in [-0.15, -0.1) is 0 Å². The number of carbonyl (C=O) groups is 3. The molecule has 0 aliphatic carbocycles. The molecule has 2 aliphatic heterocycles. The highest BCUT2D eigenvalue weighted by Gasteiger charge is 2.48. The lowest BCUT2D eigenvalue weighted by atomic mass is 9.83. The van der Waals surface area contributed by atoms with E-state index in [0.29, 0.717) is 17.1 Å². The molecule has 1 saturated heterocycles. The second kappa shape index (κ2) is 8.61. The van der Waals surface area contributed by atoms with Crippen molar-refractivity contribution in [2.45, 2.75) is 17.6 Å². The van der Waals surface area contributed by atoms with Crippen molar-refractivity contribution >= 4 is 29.6 Å². The summed E-state index contributed by atoms with van der Waals surface area (Å²) in [5.74, 6) is -2.94. The predicted octanol–water partition coefficient (Wildman–Crippen LogP) is 1.30. The van der Waals surface area contributed by atoms with Gasteiger partial charge in [0.25, 0.3) is 0 Å². The van der Waals surface area contributed by atoms with Gasteiger partial charge >= 0.3 is 11.9 Å². The number of carboxylic acids is 1. The number of carbonyl (C=O) groups excluding carboxylic acids is 2. The molecule has 1 fully saturated rings. The monoisotopic (exact) mass is 445 g/mol. The fraction of sp³-hybridized carbons (Fsp3) is 0.300. The van der Waals surface area contributed by atoms with E-state index in [-0.39, 0.29) is 22.0 Å². The molecule has 1 amide bonds. The van der Waals surface area contributed by atoms with Crippen molar-refractivity contribution in [1.82, 2.24) is 4.90 Å². The second-order valence-corrected chi connectivity index (χ2v) is 7.74. The predicted molar refractivity (Wildman–Crippen MR) is 109 cm³/mol. The summed E-state index contributed by atoms with van der Waals surface area (Å²) in [4.78, 5) is 37.7. The van der Waals surface area contributed by atoms with E-state index in [1.165, 1.54) is 14.2 Å². The number of allylic oxidation sites excluding steroid dienone is 1. The van der Waals surface area contributed by atoms with E-state index in [1.807, 2.05) is 0 Å². The second-order valence-electron chi connectivity index (χ2n) is 6.55. The normalized spacial score (nSPS) is 20.3. The molecule has 3 rings (SSSR count). The molecule has 3 N–H and O–H groups in total. The Bertz CT molecular complexity index is 1070. The quantitative estimate of drug-likeness (QED) is 0.613. The molecule has 2 unspecified atom stereocenters. The number of rotatable bonds is 6. The summed E-state index contributed by atoms with van der Waals surface area (Å²) >= 11 is 0.935. The maximum atomic E-state index is 12.8. The maximum absolute atomic E-state index is 12.8. The third-order valence-electron chi connectivity index (χ3n) is 4.90. The first-order chi connectivity index (χ1) is 14.8. The van der Waals surface area contributed by atoms with E-state index < -0.39 is 35.4 Å². The molecule has 11 heteroatoms. The van der Waals surface area contributed by atoms with E-state index >= 15 is 0 Å². The summed E-state index contributed by atoms with van der Waals surface area (Å²) in [7, 11) is 4.08. The summed E-state index contributed by atoms with van der Waals surface area (Å²) in [5, 5.41) is 18.3. The minimum atomic E-state index is -1.17. The molecule has 1 aromatic carbocycles. The number of aliphatic carboxylic acids is 1. The van der Waals surface area contributed by atoms with Crippen LogP contribution in [-0.2, 0) is 19.1 Å². The van der Waals surface area contributed by atoms with Crippen molar-refractivity contribution in [3.05, 3.63) is 45.8 Å². The number of nitrogens with two attached hydrogens (primary N) is 1. The summed E-state index contributed by atoms with van der Waals surface area (Å²) < 4.78 is 15.4. The molecule has 10 nitrogen and oxygen atoms in total. The first-order valence-electron chi connectivity index (χ1n) is 8.95. The number of methoxy groups -OCH3 is 3. The van der Waals surface area contributed by atoms with Crippen LogP contribution in [0, 0.1) is 11.3 Å². The Hall–Kier alpha value is -3.65. The molecule has 2 aliphatic rings. The number of thioether (sulfide) groups is 1. The van der Waals surface area contributed by atoms with Crippen molar-refractivity contribution in [1.29, 1.82) is 5.26 Å². The summed E-state index contributed by atoms with van der Waals surface area (Å²) in [6.45, 7) is 0. The van der Waals surface area contributed by atoms with Crippen LogP contribution in [0.3, 0.4) is 0 Å². The highest BCUT2D eigenvalue weighted by Crippen LogP contribution is 2.50. The first-order valence-corrected chi connectivity index (χ1v) is 9.83. The van der Waals surface area contributed by atoms with E-state index in [9.17, 15) is 19.6 Å². The number of benzene rings is 1. The molecule has 0 spiro atoms. The Balaban J connectivity index is 2.24. The summed E-state index contributed by atoms with van der Waals surface area (Å²) in [5.41, 5.74) is 6.68. The maximum Gasteiger partial charge on any atom is 0.338 e. The van der Waals surface area contributed by atoms with Crippen LogP contribution >= 0.6 is 11.8 Å². The molecular formula is C20H19N3O7S. The minimum Gasteiger partial charge on any atom is -0.493 e. The van der Waals surface area contributed by atoms with Crippen LogP contribution in [0.25, 0.3) is 0 Å². The number of nitrogens with zero attached hydrogens (tertiary/aromatic N) is 2. The highest BCUT2D eigenvalue weighted by atomic mass is 32.2. The first kappa shape index (κ1) is 22.0. The van der Waals surface area contributed by atoms with Gasteiger partial charge < -0.3 is 25.1 Å². The fourth-order valence-electron chi connectivity index (χ4n) is 3.53. The third kappa shape index (κ3) is 3.66. The zero-order valence-electron chi connectivity index (χ0n) is 16.9. The van der Waals surface area contributed by atoms with Gasteiger partial charge in [0.15, 0.2) is 11.5 Å². The number of hydrogen-bond donors (Lipinski definition) is 2. The van der Waals surface area contributed by atoms with Gasteiger partial charge in [-0.3, -0.25) is 14.5 Å². The van der Waals surface area contributed by atoms with Gasteiger partial charge in [0.2, 0.25) is 5.91 Å². The van der Waals surface area contributed by atoms with Crippen LogP contribution in [0.4, 0.5) is 0 Å². The van der Waals surface area contributed by atoms with Crippen LogP contribution in [0.2, 0.25) is 0 Å². The van der Waals surface area contributed by atoms with Crippen molar-refractivity contribution in [3.8, 4) is 17.6 Å². The van der Waals surface area contributed by atoms with E-state index in [2.05, 4.69) is 6.07 Å². The smallest absolute Gasteiger partial charge is 0.338 e. The molecule has 2 atom stereocenters. The van der Waals surface area contributed by atoms with E-state index in [4.69, 9.17) is 25.1 Å². The highest BCUT2D eigenvalue weighted by molar-refractivity contribution is 8.04. The molecule has 0 saturated carbocycles. The van der Waals surface area contributed by atoms with Gasteiger partial charge in [-0.1, -0.05) is 17.8 Å². The average Bonchev–Trinajstić information content (AvgIpc) is 3.08. The Morgan fingerprint density at radius 1 is 1.26 bits per heavy atom. The van der Waals surface area contributed by atoms with Crippen molar-refractivity contribution in [3.63, 3.8) is 0 Å². The Morgan fingerprint density at radius 2 is 1.94 bits per heavy atom.